The number of fused-ring (bicyclic) bond motifs is 1. The second kappa shape index (κ2) is 13.8. The van der Waals surface area contributed by atoms with Crippen LogP contribution in [-0.2, 0) is 37.0 Å². The molecule has 41 heavy (non-hydrogen) atoms. The molecule has 0 aromatic heterocycles. The average molecular weight is 557 g/mol. The molecule has 220 valence electrons. The number of nitrogens with one attached hydrogen (secondary N) is 1. The SMILES string of the molecule is CCc1cc(-c2c(C)cccc2CCC(=O)O)ccc1CN(C)C[C@H](O)CNC(C)(C)CC1Cc2ccccc2C1. The summed E-state index contributed by atoms with van der Waals surface area (Å²) in [5.41, 5.74) is 10.0. The Balaban J connectivity index is 1.32. The van der Waals surface area contributed by atoms with Crippen LogP contribution in [-0.4, -0.2) is 52.9 Å². The predicted molar refractivity (Wildman–Crippen MR) is 168 cm³/mol. The van der Waals surface area contributed by atoms with Crippen molar-refractivity contribution in [3.8, 4) is 11.1 Å². The zero-order valence-electron chi connectivity index (χ0n) is 25.5. The van der Waals surface area contributed by atoms with Crippen LogP contribution >= 0.6 is 0 Å². The van der Waals surface area contributed by atoms with E-state index in [1.807, 2.05) is 12.1 Å². The van der Waals surface area contributed by atoms with E-state index in [2.05, 4.69) is 93.5 Å². The molecule has 5 nitrogen and oxygen atoms in total. The van der Waals surface area contributed by atoms with Gasteiger partial charge in [0.15, 0.2) is 0 Å². The first-order chi connectivity index (χ1) is 19.5. The lowest BCUT2D eigenvalue weighted by Gasteiger charge is -2.31. The Kier molecular flexibility index (Phi) is 10.4. The van der Waals surface area contributed by atoms with Crippen LogP contribution in [0.4, 0.5) is 0 Å². The van der Waals surface area contributed by atoms with Crippen LogP contribution < -0.4 is 5.32 Å². The van der Waals surface area contributed by atoms with Crippen molar-refractivity contribution in [1.82, 2.24) is 10.2 Å². The first kappa shape index (κ1) is 31.0. The van der Waals surface area contributed by atoms with E-state index in [0.717, 1.165) is 54.5 Å². The van der Waals surface area contributed by atoms with E-state index in [1.165, 1.54) is 22.3 Å². The molecule has 0 aliphatic heterocycles. The number of aliphatic hydroxyl groups is 1. The molecule has 0 radical (unpaired) electrons. The number of aliphatic hydroxyl groups excluding tert-OH is 1. The van der Waals surface area contributed by atoms with Gasteiger partial charge in [-0.2, -0.15) is 0 Å². The Hall–Kier alpha value is -2.99. The zero-order valence-corrected chi connectivity index (χ0v) is 25.5. The van der Waals surface area contributed by atoms with Gasteiger partial charge in [-0.25, -0.2) is 0 Å². The van der Waals surface area contributed by atoms with Gasteiger partial charge in [0.1, 0.15) is 0 Å². The highest BCUT2D eigenvalue weighted by molar-refractivity contribution is 5.73. The summed E-state index contributed by atoms with van der Waals surface area (Å²) in [6.45, 7) is 10.7. The summed E-state index contributed by atoms with van der Waals surface area (Å²) >= 11 is 0. The highest BCUT2D eigenvalue weighted by Gasteiger charge is 2.28. The average Bonchev–Trinajstić information content (AvgIpc) is 3.32. The quantitative estimate of drug-likeness (QED) is 0.220. The summed E-state index contributed by atoms with van der Waals surface area (Å²) in [5, 5.41) is 23.7. The van der Waals surface area contributed by atoms with Crippen LogP contribution in [0.5, 0.6) is 0 Å². The molecule has 0 heterocycles. The summed E-state index contributed by atoms with van der Waals surface area (Å²) in [5.74, 6) is -0.121. The van der Waals surface area contributed by atoms with Crippen molar-refractivity contribution < 1.29 is 15.0 Å². The van der Waals surface area contributed by atoms with Gasteiger partial charge in [0.25, 0.3) is 0 Å². The van der Waals surface area contributed by atoms with Crippen molar-refractivity contribution >= 4 is 5.97 Å². The number of nitrogens with zero attached hydrogens (tertiary/aromatic N) is 1. The van der Waals surface area contributed by atoms with Gasteiger partial charge in [-0.3, -0.25) is 9.69 Å². The Morgan fingerprint density at radius 1 is 1.02 bits per heavy atom. The first-order valence-electron chi connectivity index (χ1n) is 15.2. The van der Waals surface area contributed by atoms with Crippen LogP contribution in [0.25, 0.3) is 11.1 Å². The fourth-order valence-corrected chi connectivity index (χ4v) is 6.62. The summed E-state index contributed by atoms with van der Waals surface area (Å²) in [6, 6.07) is 21.6. The topological polar surface area (TPSA) is 72.8 Å². The van der Waals surface area contributed by atoms with Crippen LogP contribution in [0.1, 0.15) is 67.0 Å². The summed E-state index contributed by atoms with van der Waals surface area (Å²) in [4.78, 5) is 13.4. The third-order valence-corrected chi connectivity index (χ3v) is 8.56. The van der Waals surface area contributed by atoms with Crippen molar-refractivity contribution in [1.29, 1.82) is 0 Å². The number of carboxylic acids is 1. The van der Waals surface area contributed by atoms with Gasteiger partial charge in [0.2, 0.25) is 0 Å². The first-order valence-corrected chi connectivity index (χ1v) is 15.2. The number of benzene rings is 3. The van der Waals surface area contributed by atoms with E-state index in [4.69, 9.17) is 0 Å². The van der Waals surface area contributed by atoms with E-state index < -0.39 is 12.1 Å². The number of β-amino-alcohol motifs (C(OH)–C–C–N with tert-alkyl or cyclic N) is 1. The van der Waals surface area contributed by atoms with E-state index in [9.17, 15) is 15.0 Å². The lowest BCUT2D eigenvalue weighted by Crippen LogP contribution is -2.47. The molecule has 0 fully saturated rings. The summed E-state index contributed by atoms with van der Waals surface area (Å²) < 4.78 is 0. The maximum atomic E-state index is 11.2. The Labute approximate surface area is 246 Å². The fourth-order valence-electron chi connectivity index (χ4n) is 6.62. The van der Waals surface area contributed by atoms with Crippen molar-refractivity contribution in [2.75, 3.05) is 20.1 Å². The highest BCUT2D eigenvalue weighted by atomic mass is 16.4. The maximum Gasteiger partial charge on any atom is 0.303 e. The molecular formula is C36H48N2O3. The number of rotatable bonds is 14. The van der Waals surface area contributed by atoms with Crippen LogP contribution in [0.15, 0.2) is 60.7 Å². The minimum Gasteiger partial charge on any atom is -0.481 e. The van der Waals surface area contributed by atoms with Crippen molar-refractivity contribution in [2.24, 2.45) is 5.92 Å². The molecule has 1 aliphatic carbocycles. The van der Waals surface area contributed by atoms with Gasteiger partial charge >= 0.3 is 5.97 Å². The van der Waals surface area contributed by atoms with E-state index in [1.54, 1.807) is 0 Å². The second-order valence-corrected chi connectivity index (χ2v) is 12.7. The standard InChI is InChI=1S/C36H48N2O3/c1-6-27-20-31(35-25(2)10-9-13-28(35)16-17-34(40)41)14-15-32(27)23-38(5)24-33(39)22-37-36(3,4)21-26-18-29-11-7-8-12-30(29)19-26/h7-15,20,26,33,37,39H,6,16-19,21-24H2,1-5H3,(H,40,41)/t33-/m1/s1. The lowest BCUT2D eigenvalue weighted by molar-refractivity contribution is -0.136. The number of aliphatic carboxylic acids is 1. The molecule has 3 N–H and O–H groups in total. The number of likely N-dealkylation sites (N-methyl/N-ethyl adjacent to an activating group) is 1. The number of aryl methyl sites for hydroxylation is 3. The lowest BCUT2D eigenvalue weighted by atomic mass is 9.88. The monoisotopic (exact) mass is 556 g/mol. The Morgan fingerprint density at radius 2 is 1.73 bits per heavy atom. The zero-order chi connectivity index (χ0) is 29.6. The largest absolute Gasteiger partial charge is 0.481 e. The van der Waals surface area contributed by atoms with Crippen molar-refractivity contribution in [3.63, 3.8) is 0 Å². The predicted octanol–water partition coefficient (Wildman–Crippen LogP) is 6.21. The molecule has 0 amide bonds. The van der Waals surface area contributed by atoms with E-state index in [0.29, 0.717) is 25.4 Å². The van der Waals surface area contributed by atoms with E-state index >= 15 is 0 Å². The molecule has 0 spiro atoms. The molecule has 5 heteroatoms. The van der Waals surface area contributed by atoms with Crippen LogP contribution in [0.3, 0.4) is 0 Å². The van der Waals surface area contributed by atoms with Gasteiger partial charge in [-0.05, 0) is 110 Å². The summed E-state index contributed by atoms with van der Waals surface area (Å²) in [6.07, 6.45) is 4.51. The molecule has 3 aromatic carbocycles. The fraction of sp³-hybridized carbons (Fsp3) is 0.472. The van der Waals surface area contributed by atoms with E-state index in [-0.39, 0.29) is 12.0 Å². The highest BCUT2D eigenvalue weighted by Crippen LogP contribution is 2.32. The number of hydrogen-bond donors (Lipinski definition) is 3. The number of carbonyl (C=O) groups is 1. The molecule has 0 bridgehead atoms. The molecule has 0 saturated heterocycles. The molecule has 4 rings (SSSR count). The third-order valence-electron chi connectivity index (χ3n) is 8.56. The Bertz CT molecular complexity index is 1310. The molecule has 3 aromatic rings. The molecular weight excluding hydrogens is 508 g/mol. The normalized spacial score (nSPS) is 14.4. The smallest absolute Gasteiger partial charge is 0.303 e. The second-order valence-electron chi connectivity index (χ2n) is 12.7. The number of carboxylic acid groups (broad SMARTS) is 1. The van der Waals surface area contributed by atoms with Crippen LogP contribution in [0.2, 0.25) is 0 Å². The van der Waals surface area contributed by atoms with Crippen molar-refractivity contribution in [3.05, 3.63) is 94.0 Å². The van der Waals surface area contributed by atoms with Crippen LogP contribution in [0, 0.1) is 12.8 Å². The summed E-state index contributed by atoms with van der Waals surface area (Å²) in [7, 11) is 2.07. The van der Waals surface area contributed by atoms with Gasteiger partial charge in [-0.15, -0.1) is 0 Å². The van der Waals surface area contributed by atoms with Gasteiger partial charge in [0, 0.05) is 31.6 Å². The molecule has 1 atom stereocenters. The molecule has 1 aliphatic rings. The maximum absolute atomic E-state index is 11.2. The van der Waals surface area contributed by atoms with Gasteiger partial charge in [0.05, 0.1) is 6.10 Å². The molecule has 0 unspecified atom stereocenters. The minimum atomic E-state index is -0.772. The Morgan fingerprint density at radius 3 is 2.39 bits per heavy atom. The molecule has 0 saturated carbocycles. The van der Waals surface area contributed by atoms with Gasteiger partial charge in [-0.1, -0.05) is 67.6 Å². The van der Waals surface area contributed by atoms with Crippen molar-refractivity contribution in [2.45, 2.75) is 84.4 Å². The third kappa shape index (κ3) is 8.51. The van der Waals surface area contributed by atoms with Gasteiger partial charge < -0.3 is 15.5 Å². The minimum absolute atomic E-state index is 0.0314. The number of hydrogen-bond acceptors (Lipinski definition) is 4.